The second kappa shape index (κ2) is 4.26. The molecule has 1 heterocycles. The monoisotopic (exact) mass is 271 g/mol. The fraction of sp³-hybridized carbons (Fsp3) is 0.500. The van der Waals surface area contributed by atoms with Gasteiger partial charge in [-0.25, -0.2) is 0 Å². The topological polar surface area (TPSA) is 12.0 Å². The van der Waals surface area contributed by atoms with Gasteiger partial charge in [0.15, 0.2) is 0 Å². The van der Waals surface area contributed by atoms with Gasteiger partial charge >= 0.3 is 120 Å². The first kappa shape index (κ1) is 14.4. The third kappa shape index (κ3) is 1.78. The molecule has 0 spiro atoms. The Morgan fingerprint density at radius 3 is 1.94 bits per heavy atom. The molecule has 2 rings (SSSR count). The molecule has 1 aromatic rings. The molecule has 1 aliphatic rings. The van der Waals surface area contributed by atoms with E-state index in [0.29, 0.717) is 3.02 Å². The summed E-state index contributed by atoms with van der Waals surface area (Å²) in [5, 5.41) is 3.60. The molecule has 1 nitrogen and oxygen atoms in total. The minimum atomic E-state index is -2.91. The van der Waals surface area contributed by atoms with E-state index in [2.05, 4.69) is 77.7 Å². The van der Waals surface area contributed by atoms with E-state index in [1.54, 1.807) is 1.66 Å². The zero-order chi connectivity index (χ0) is 13.8. The molecule has 1 N–H and O–H groups in total. The fourth-order valence-corrected chi connectivity index (χ4v) is 21.6. The predicted octanol–water partition coefficient (Wildman–Crippen LogP) is 4.42. The van der Waals surface area contributed by atoms with Crippen LogP contribution < -0.4 is 6.98 Å². The zero-order valence-electron chi connectivity index (χ0n) is 12.7. The Bertz CT molecular complexity index is 475. The number of anilines is 1. The molecule has 0 aromatic heterocycles. The Labute approximate surface area is 119 Å². The molecule has 2 heteroatoms. The van der Waals surface area contributed by atoms with Crippen molar-refractivity contribution in [2.24, 2.45) is 0 Å². The molecule has 1 aliphatic heterocycles. The Hall–Kier alpha value is 0.0197. The van der Waals surface area contributed by atoms with Gasteiger partial charge in [0.25, 0.3) is 0 Å². The van der Waals surface area contributed by atoms with Crippen molar-refractivity contribution >= 4 is 37.3 Å². The van der Waals surface area contributed by atoms with Crippen LogP contribution in [-0.4, -0.2) is 29.9 Å². The average Bonchev–Trinajstić information content (AvgIpc) is 2.47. The molecule has 0 saturated heterocycles. The van der Waals surface area contributed by atoms with Gasteiger partial charge in [-0.2, -0.15) is 0 Å². The maximum atomic E-state index is 4.44. The van der Waals surface area contributed by atoms with Crippen molar-refractivity contribution in [3.05, 3.63) is 32.6 Å². The fourth-order valence-electron chi connectivity index (χ4n) is 5.67. The van der Waals surface area contributed by atoms with Gasteiger partial charge in [0.2, 0.25) is 0 Å². The van der Waals surface area contributed by atoms with E-state index in [9.17, 15) is 0 Å². The standard InChI is InChI=1S/C8H7N.2C4H9.Ca/c1-2-9-8-6-4-3-5-7-8;2*1-4(2)3;/h3-6,9H,1H2;2*1-3H3;. The average molecular weight is 271 g/mol. The summed E-state index contributed by atoms with van der Waals surface area (Å²) in [4.78, 5) is 0. The number of nitrogens with one attached hydrogen (secondary N) is 1. The van der Waals surface area contributed by atoms with Crippen molar-refractivity contribution < 1.29 is 0 Å². The Morgan fingerprint density at radius 1 is 0.944 bits per heavy atom. The second-order valence-corrected chi connectivity index (χ2v) is 21.0. The number of benzene rings is 1. The van der Waals surface area contributed by atoms with Crippen LogP contribution in [0, 0.1) is 0 Å². The van der Waals surface area contributed by atoms with Gasteiger partial charge in [0.05, 0.1) is 0 Å². The molecule has 0 fully saturated rings. The Morgan fingerprint density at radius 2 is 1.44 bits per heavy atom. The predicted molar refractivity (Wildman–Crippen MR) is 84.0 cm³/mol. The first-order valence-corrected chi connectivity index (χ1v) is 11.5. The van der Waals surface area contributed by atoms with E-state index in [-0.39, 0.29) is 0 Å². The summed E-state index contributed by atoms with van der Waals surface area (Å²) in [6.07, 6.45) is 0. The van der Waals surface area contributed by atoms with Gasteiger partial charge in [0, 0.05) is 0 Å². The van der Waals surface area contributed by atoms with Crippen molar-refractivity contribution in [2.45, 2.75) is 44.6 Å². The van der Waals surface area contributed by atoms with Crippen molar-refractivity contribution in [1.82, 2.24) is 0 Å². The van der Waals surface area contributed by atoms with Crippen LogP contribution in [0.15, 0.2) is 32.6 Å². The van der Waals surface area contributed by atoms with Crippen LogP contribution in [0.4, 0.5) is 5.69 Å². The van der Waals surface area contributed by atoms with E-state index < -0.39 is 29.9 Å². The van der Waals surface area contributed by atoms with E-state index in [4.69, 9.17) is 0 Å². The van der Waals surface area contributed by atoms with Crippen LogP contribution in [0.1, 0.15) is 41.5 Å². The quantitative estimate of drug-likeness (QED) is 0.689. The molecular weight excluding hydrogens is 246 g/mol. The summed E-state index contributed by atoms with van der Waals surface area (Å²) in [5.41, 5.74) is 1.31. The summed E-state index contributed by atoms with van der Waals surface area (Å²) >= 11 is -2.91. The SMILES string of the molecule is C=[C]1Nc2cccc[c]2[Ca]1([C](C)(C)C)[C](C)(C)C. The Balaban J connectivity index is 2.81. The maximum absolute atomic E-state index is 4.44. The molecule has 0 aliphatic carbocycles. The molecular formula is C16H25CaN. The van der Waals surface area contributed by atoms with Crippen LogP contribution in [0.3, 0.4) is 0 Å². The van der Waals surface area contributed by atoms with E-state index in [0.717, 1.165) is 0 Å². The third-order valence-corrected chi connectivity index (χ3v) is 20.7. The van der Waals surface area contributed by atoms with Crippen molar-refractivity contribution in [2.75, 3.05) is 5.32 Å². The summed E-state index contributed by atoms with van der Waals surface area (Å²) in [6, 6.07) is 8.86. The number of fused-ring (bicyclic) bond motifs is 1. The molecule has 0 atom stereocenters. The van der Waals surface area contributed by atoms with Gasteiger partial charge < -0.3 is 0 Å². The normalized spacial score (nSPS) is 18.4. The zero-order valence-corrected chi connectivity index (χ0v) is 14.9. The molecule has 1 aromatic carbocycles. The van der Waals surface area contributed by atoms with Crippen LogP contribution >= 0.6 is 0 Å². The first-order chi connectivity index (χ1) is 8.12. The third-order valence-electron chi connectivity index (χ3n) is 5.72. The summed E-state index contributed by atoms with van der Waals surface area (Å²) in [5.74, 6) is 0. The van der Waals surface area contributed by atoms with Crippen molar-refractivity contribution in [1.29, 1.82) is 0 Å². The van der Waals surface area contributed by atoms with Crippen molar-refractivity contribution in [3.63, 3.8) is 0 Å². The van der Waals surface area contributed by atoms with Crippen molar-refractivity contribution in [3.8, 4) is 0 Å². The van der Waals surface area contributed by atoms with Gasteiger partial charge in [-0.15, -0.1) is 0 Å². The summed E-state index contributed by atoms with van der Waals surface area (Å²) in [7, 11) is 0. The van der Waals surface area contributed by atoms with E-state index >= 15 is 0 Å². The van der Waals surface area contributed by atoms with Crippen LogP contribution in [0.5, 0.6) is 0 Å². The molecule has 2 radical (unpaired) electrons. The first-order valence-electron chi connectivity index (χ1n) is 7.10. The van der Waals surface area contributed by atoms with Crippen LogP contribution in [0.2, 0.25) is 3.02 Å². The molecule has 0 amide bonds. The van der Waals surface area contributed by atoms with Gasteiger partial charge in [-0.1, -0.05) is 0 Å². The molecule has 0 bridgehead atoms. The number of hydrogen-bond acceptors (Lipinski definition) is 1. The Kier molecular flexibility index (Phi) is 3.42. The number of para-hydroxylation sites is 1. The second-order valence-electron chi connectivity index (χ2n) is 8.57. The van der Waals surface area contributed by atoms with Gasteiger partial charge in [-0.3, -0.25) is 0 Å². The molecule has 0 saturated carbocycles. The number of rotatable bonds is 0. The van der Waals surface area contributed by atoms with E-state index in [1.807, 2.05) is 0 Å². The molecule has 96 valence electrons. The molecule has 0 unspecified atom stereocenters. The van der Waals surface area contributed by atoms with Crippen LogP contribution in [-0.2, 0) is 0 Å². The summed E-state index contributed by atoms with van der Waals surface area (Å²) in [6.45, 7) is 18.9. The van der Waals surface area contributed by atoms with Gasteiger partial charge in [0.1, 0.15) is 0 Å². The van der Waals surface area contributed by atoms with E-state index in [1.165, 1.54) is 7.48 Å². The van der Waals surface area contributed by atoms with Gasteiger partial charge in [-0.05, 0) is 0 Å². The molecule has 18 heavy (non-hydrogen) atoms. The minimum absolute atomic E-state index is 0.332. The van der Waals surface area contributed by atoms with Crippen LogP contribution in [0.25, 0.3) is 0 Å². The summed E-state index contributed by atoms with van der Waals surface area (Å²) < 4.78 is 3.61. The number of hydrogen-bond donors (Lipinski definition) is 1.